The van der Waals surface area contributed by atoms with Crippen LogP contribution in [0.4, 0.5) is 0 Å². The van der Waals surface area contributed by atoms with Crippen molar-refractivity contribution in [2.45, 2.75) is 20.0 Å². The van der Waals surface area contributed by atoms with E-state index in [1.807, 2.05) is 17.8 Å². The normalized spacial score (nSPS) is 11.0. The molecule has 0 saturated heterocycles. The summed E-state index contributed by atoms with van der Waals surface area (Å²) in [6, 6.07) is 1.77. The van der Waals surface area contributed by atoms with Crippen LogP contribution in [0.1, 0.15) is 23.0 Å². The van der Waals surface area contributed by atoms with Gasteiger partial charge in [0, 0.05) is 32.2 Å². The molecule has 114 valence electrons. The van der Waals surface area contributed by atoms with Gasteiger partial charge in [-0.15, -0.1) is 0 Å². The van der Waals surface area contributed by atoms with Gasteiger partial charge in [-0.3, -0.25) is 9.48 Å². The van der Waals surface area contributed by atoms with E-state index in [1.165, 1.54) is 0 Å². The Kier molecular flexibility index (Phi) is 3.93. The molecule has 7 nitrogen and oxygen atoms in total. The number of halogens is 1. The number of carbonyl (C=O) groups excluding carboxylic acids is 1. The van der Waals surface area contributed by atoms with Crippen LogP contribution in [-0.2, 0) is 13.1 Å². The van der Waals surface area contributed by atoms with Gasteiger partial charge in [0.1, 0.15) is 5.56 Å². The Labute approximate surface area is 135 Å². The van der Waals surface area contributed by atoms with Crippen molar-refractivity contribution in [1.29, 1.82) is 0 Å². The van der Waals surface area contributed by atoms with Crippen molar-refractivity contribution in [3.8, 4) is 0 Å². The van der Waals surface area contributed by atoms with E-state index in [1.54, 1.807) is 41.1 Å². The molecule has 0 aliphatic heterocycles. The minimum Gasteiger partial charge on any atom is -0.336 e. The predicted molar refractivity (Wildman–Crippen MR) is 84.4 cm³/mol. The van der Waals surface area contributed by atoms with Gasteiger partial charge in [0.2, 0.25) is 0 Å². The van der Waals surface area contributed by atoms with Gasteiger partial charge in [-0.05, 0) is 28.9 Å². The Morgan fingerprint density at radius 2 is 2.27 bits per heavy atom. The Bertz CT molecular complexity index is 824. The third kappa shape index (κ3) is 2.61. The molecule has 0 spiro atoms. The number of aromatic nitrogens is 5. The second kappa shape index (κ2) is 5.88. The SMILES string of the molecule is CCn1cc(Br)c(CN(C)C(=O)c2cnn3cccnc23)n1. The number of carbonyl (C=O) groups is 1. The highest BCUT2D eigenvalue weighted by molar-refractivity contribution is 9.10. The van der Waals surface area contributed by atoms with E-state index < -0.39 is 0 Å². The minimum absolute atomic E-state index is 0.133. The zero-order valence-electron chi connectivity index (χ0n) is 12.3. The highest BCUT2D eigenvalue weighted by atomic mass is 79.9. The maximum Gasteiger partial charge on any atom is 0.259 e. The Morgan fingerprint density at radius 3 is 3.00 bits per heavy atom. The van der Waals surface area contributed by atoms with E-state index >= 15 is 0 Å². The fourth-order valence-corrected chi connectivity index (χ4v) is 2.63. The Hall–Kier alpha value is -2.22. The van der Waals surface area contributed by atoms with Crippen LogP contribution in [0.15, 0.2) is 35.3 Å². The van der Waals surface area contributed by atoms with Gasteiger partial charge in [-0.1, -0.05) is 0 Å². The van der Waals surface area contributed by atoms with Gasteiger partial charge in [-0.2, -0.15) is 10.2 Å². The summed E-state index contributed by atoms with van der Waals surface area (Å²) in [4.78, 5) is 18.4. The topological polar surface area (TPSA) is 68.3 Å². The molecule has 0 N–H and O–H groups in total. The van der Waals surface area contributed by atoms with Gasteiger partial charge in [0.05, 0.1) is 22.9 Å². The van der Waals surface area contributed by atoms with Crippen molar-refractivity contribution in [1.82, 2.24) is 29.3 Å². The van der Waals surface area contributed by atoms with Gasteiger partial charge >= 0.3 is 0 Å². The first kappa shape index (κ1) is 14.7. The van der Waals surface area contributed by atoms with E-state index in [9.17, 15) is 4.79 Å². The fraction of sp³-hybridized carbons (Fsp3) is 0.286. The van der Waals surface area contributed by atoms with Crippen LogP contribution in [0.25, 0.3) is 5.65 Å². The highest BCUT2D eigenvalue weighted by Crippen LogP contribution is 2.18. The second-order valence-electron chi connectivity index (χ2n) is 4.89. The van der Waals surface area contributed by atoms with E-state index in [0.29, 0.717) is 17.8 Å². The molecule has 0 radical (unpaired) electrons. The average molecular weight is 363 g/mol. The Morgan fingerprint density at radius 1 is 1.45 bits per heavy atom. The molecule has 0 atom stereocenters. The largest absolute Gasteiger partial charge is 0.336 e. The van der Waals surface area contributed by atoms with Gasteiger partial charge < -0.3 is 4.90 Å². The summed E-state index contributed by atoms with van der Waals surface area (Å²) in [5, 5.41) is 8.58. The van der Waals surface area contributed by atoms with Crippen molar-refractivity contribution in [3.05, 3.63) is 46.6 Å². The number of nitrogens with zero attached hydrogens (tertiary/aromatic N) is 6. The van der Waals surface area contributed by atoms with Crippen molar-refractivity contribution in [2.75, 3.05) is 7.05 Å². The first-order valence-corrected chi connectivity index (χ1v) is 7.65. The van der Waals surface area contributed by atoms with E-state index in [0.717, 1.165) is 16.7 Å². The monoisotopic (exact) mass is 362 g/mol. The lowest BCUT2D eigenvalue weighted by atomic mass is 10.3. The third-order valence-electron chi connectivity index (χ3n) is 3.35. The molecule has 0 saturated carbocycles. The molecule has 1 amide bonds. The zero-order valence-corrected chi connectivity index (χ0v) is 13.9. The number of fused-ring (bicyclic) bond motifs is 1. The molecule has 22 heavy (non-hydrogen) atoms. The van der Waals surface area contributed by atoms with Crippen LogP contribution in [0.5, 0.6) is 0 Å². The number of amides is 1. The summed E-state index contributed by atoms with van der Waals surface area (Å²) in [6.45, 7) is 3.22. The maximum atomic E-state index is 12.6. The van der Waals surface area contributed by atoms with E-state index in [-0.39, 0.29) is 5.91 Å². The van der Waals surface area contributed by atoms with Crippen LogP contribution in [0.3, 0.4) is 0 Å². The lowest BCUT2D eigenvalue weighted by Gasteiger charge is -2.15. The number of rotatable bonds is 4. The molecule has 8 heteroatoms. The first-order valence-electron chi connectivity index (χ1n) is 6.85. The maximum absolute atomic E-state index is 12.6. The van der Waals surface area contributed by atoms with E-state index in [2.05, 4.69) is 31.1 Å². The first-order chi connectivity index (χ1) is 10.6. The second-order valence-corrected chi connectivity index (χ2v) is 5.74. The summed E-state index contributed by atoms with van der Waals surface area (Å²) in [7, 11) is 1.74. The lowest BCUT2D eigenvalue weighted by molar-refractivity contribution is 0.0784. The average Bonchev–Trinajstić information content (AvgIpc) is 3.10. The molecular weight excluding hydrogens is 348 g/mol. The summed E-state index contributed by atoms with van der Waals surface area (Å²) in [6.07, 6.45) is 6.86. The summed E-state index contributed by atoms with van der Waals surface area (Å²) in [5.41, 5.74) is 1.86. The number of aryl methyl sites for hydroxylation is 1. The van der Waals surface area contributed by atoms with E-state index in [4.69, 9.17) is 0 Å². The molecule has 0 unspecified atom stereocenters. The quantitative estimate of drug-likeness (QED) is 0.711. The third-order valence-corrected chi connectivity index (χ3v) is 4.02. The molecule has 3 rings (SSSR count). The molecule has 0 aliphatic rings. The summed E-state index contributed by atoms with van der Waals surface area (Å²) < 4.78 is 4.31. The molecule has 0 aliphatic carbocycles. The van der Waals surface area contributed by atoms with Gasteiger partial charge in [0.25, 0.3) is 5.91 Å². The van der Waals surface area contributed by atoms with Crippen LogP contribution < -0.4 is 0 Å². The van der Waals surface area contributed by atoms with Crippen LogP contribution >= 0.6 is 15.9 Å². The van der Waals surface area contributed by atoms with Crippen molar-refractivity contribution in [2.24, 2.45) is 0 Å². The minimum atomic E-state index is -0.133. The van der Waals surface area contributed by atoms with Gasteiger partial charge in [-0.25, -0.2) is 9.50 Å². The highest BCUT2D eigenvalue weighted by Gasteiger charge is 2.19. The standard InChI is InChI=1S/C14H15BrN6O/c1-3-20-8-11(15)12(18-20)9-19(2)14(22)10-7-17-21-6-4-5-16-13(10)21/h4-8H,3,9H2,1-2H3. The summed E-state index contributed by atoms with van der Waals surface area (Å²) >= 11 is 3.47. The Balaban J connectivity index is 1.83. The molecule has 3 aromatic rings. The lowest BCUT2D eigenvalue weighted by Crippen LogP contribution is -2.26. The van der Waals surface area contributed by atoms with Crippen LogP contribution in [0, 0.1) is 0 Å². The molecule has 0 aromatic carbocycles. The van der Waals surface area contributed by atoms with Crippen molar-refractivity contribution < 1.29 is 4.79 Å². The number of hydrogen-bond acceptors (Lipinski definition) is 4. The zero-order chi connectivity index (χ0) is 15.7. The molecule has 0 bridgehead atoms. The van der Waals surface area contributed by atoms with Crippen LogP contribution in [0.2, 0.25) is 0 Å². The number of hydrogen-bond donors (Lipinski definition) is 0. The molecule has 3 aromatic heterocycles. The summed E-state index contributed by atoms with van der Waals surface area (Å²) in [5.74, 6) is -0.133. The smallest absolute Gasteiger partial charge is 0.259 e. The molecule has 3 heterocycles. The van der Waals surface area contributed by atoms with Crippen molar-refractivity contribution in [3.63, 3.8) is 0 Å². The van der Waals surface area contributed by atoms with Crippen LogP contribution in [-0.4, -0.2) is 42.2 Å². The fourth-order valence-electron chi connectivity index (χ4n) is 2.19. The molecular formula is C14H15BrN6O. The van der Waals surface area contributed by atoms with Gasteiger partial charge in [0.15, 0.2) is 5.65 Å². The molecule has 0 fully saturated rings. The van der Waals surface area contributed by atoms with Crippen molar-refractivity contribution >= 4 is 27.5 Å². The predicted octanol–water partition coefficient (Wildman–Crippen LogP) is 1.98.